The zero-order valence-electron chi connectivity index (χ0n) is 43.1. The van der Waals surface area contributed by atoms with Crippen LogP contribution in [0.15, 0.2) is 182 Å². The van der Waals surface area contributed by atoms with Gasteiger partial charge in [-0.1, -0.05) is 178 Å². The van der Waals surface area contributed by atoms with Crippen molar-refractivity contribution in [3.63, 3.8) is 0 Å². The maximum absolute atomic E-state index is 10.4. The van der Waals surface area contributed by atoms with Gasteiger partial charge in [-0.3, -0.25) is 0 Å². The Labute approximate surface area is 433 Å². The summed E-state index contributed by atoms with van der Waals surface area (Å²) in [4.78, 5) is 4.48. The van der Waals surface area contributed by atoms with Crippen molar-refractivity contribution in [2.45, 2.75) is 55.4 Å². The molecule has 2 aromatic heterocycles. The summed E-state index contributed by atoms with van der Waals surface area (Å²) in [5, 5.41) is 14.9. The van der Waals surface area contributed by atoms with Gasteiger partial charge in [0.2, 0.25) is 5.69 Å². The molecule has 0 radical (unpaired) electrons. The Hall–Kier alpha value is -9.22. The topological polar surface area (TPSA) is 38.0 Å². The molecule has 4 nitrogen and oxygen atoms in total. The lowest BCUT2D eigenvalue weighted by Crippen LogP contribution is -2.02. The molecule has 0 saturated carbocycles. The first-order valence-electron chi connectivity index (χ1n) is 25.4. The zero-order chi connectivity index (χ0) is 51.1. The second-order valence-corrected chi connectivity index (χ2v) is 20.8. The third-order valence-corrected chi connectivity index (χ3v) is 14.8. The minimum Gasteiger partial charge on any atom is -0.319 e. The Morgan fingerprint density at radius 2 is 0.676 bits per heavy atom. The van der Waals surface area contributed by atoms with E-state index in [1.54, 1.807) is 0 Å². The molecule has 10 aromatic carbocycles. The number of hydrogen-bond acceptors (Lipinski definition) is 1. The second kappa shape index (κ2) is 17.8. The van der Waals surface area contributed by atoms with Gasteiger partial charge in [0.05, 0.1) is 46.0 Å². The summed E-state index contributed by atoms with van der Waals surface area (Å²) in [5.41, 5.74) is 27.3. The number of hydrogen-bond donors (Lipinski definition) is 0. The molecule has 0 spiro atoms. The van der Waals surface area contributed by atoms with Crippen molar-refractivity contribution >= 4 is 49.3 Å². The minimum absolute atomic E-state index is 0.513. The first-order chi connectivity index (χ1) is 35.8. The number of fused-ring (bicyclic) bond motifs is 6. The molecule has 0 N–H and O–H groups in total. The van der Waals surface area contributed by atoms with Crippen LogP contribution < -0.4 is 0 Å². The lowest BCUT2D eigenvalue weighted by molar-refractivity contribution is 1.15. The zero-order valence-corrected chi connectivity index (χ0v) is 43.1. The highest BCUT2D eigenvalue weighted by atomic mass is 15.0. The van der Waals surface area contributed by atoms with Crippen LogP contribution >= 0.6 is 0 Å². The molecule has 12 aromatic rings. The van der Waals surface area contributed by atoms with Crippen LogP contribution in [0.4, 0.5) is 5.69 Å². The maximum Gasteiger partial charge on any atom is 0.212 e. The molecular formula is C70H54N4. The average molecular weight is 951 g/mol. The van der Waals surface area contributed by atoms with E-state index in [9.17, 15) is 11.8 Å². The predicted molar refractivity (Wildman–Crippen MR) is 311 cm³/mol. The molecule has 354 valence electrons. The van der Waals surface area contributed by atoms with Crippen molar-refractivity contribution in [1.82, 2.24) is 9.13 Å². The van der Waals surface area contributed by atoms with Gasteiger partial charge in [-0.25, -0.2) is 4.85 Å². The highest BCUT2D eigenvalue weighted by Crippen LogP contribution is 2.46. The van der Waals surface area contributed by atoms with E-state index in [1.165, 1.54) is 44.5 Å². The van der Waals surface area contributed by atoms with Gasteiger partial charge in [-0.15, -0.1) is 0 Å². The van der Waals surface area contributed by atoms with E-state index in [2.05, 4.69) is 239 Å². The average Bonchev–Trinajstić information content (AvgIpc) is 3.88. The van der Waals surface area contributed by atoms with Crippen molar-refractivity contribution in [3.8, 4) is 73.1 Å². The second-order valence-electron chi connectivity index (χ2n) is 20.8. The fourth-order valence-corrected chi connectivity index (χ4v) is 11.8. The Kier molecular flexibility index (Phi) is 11.0. The summed E-state index contributed by atoms with van der Waals surface area (Å²) >= 11 is 0. The van der Waals surface area contributed by atoms with Crippen molar-refractivity contribution in [2.24, 2.45) is 0 Å². The number of rotatable bonds is 7. The molecule has 74 heavy (non-hydrogen) atoms. The number of aryl methyl sites for hydroxylation is 8. The standard InChI is InChI=1S/C70H54N4/c1-41-21-42(2)26-55(25-41)50-13-17-59-60-18-14-51(56-27-43(3)22-44(4)28-56)35-66(60)73(65(59)34-50)69-39-64(72-9)70(38-63(69)54-12-10-11-49(33-54)40-71)74-67-36-52(57-29-45(5)23-46(6)30-57)15-19-61(67)62-20-16-53(37-68(62)74)58-31-47(7)24-48(8)32-58/h10-39H,1-8H3. The Morgan fingerprint density at radius 1 is 0.338 bits per heavy atom. The van der Waals surface area contributed by atoms with Gasteiger partial charge in [0.25, 0.3) is 0 Å². The van der Waals surface area contributed by atoms with E-state index >= 15 is 0 Å². The number of nitriles is 1. The van der Waals surface area contributed by atoms with Gasteiger partial charge in [-0.05, 0) is 154 Å². The maximum atomic E-state index is 10.4. The number of aromatic nitrogens is 2. The quantitative estimate of drug-likeness (QED) is 0.147. The number of nitrogens with zero attached hydrogens (tertiary/aromatic N) is 4. The molecule has 2 heterocycles. The molecule has 0 aliphatic heterocycles. The summed E-state index contributed by atoms with van der Waals surface area (Å²) in [7, 11) is 0. The molecule has 0 amide bonds. The molecule has 0 unspecified atom stereocenters. The molecular weight excluding hydrogens is 897 g/mol. The summed E-state index contributed by atoms with van der Waals surface area (Å²) < 4.78 is 4.69. The highest BCUT2D eigenvalue weighted by Gasteiger charge is 2.24. The van der Waals surface area contributed by atoms with Gasteiger partial charge in [0, 0.05) is 32.8 Å². The molecule has 0 aliphatic carbocycles. The van der Waals surface area contributed by atoms with Crippen molar-refractivity contribution in [3.05, 3.63) is 243 Å². The number of benzene rings is 10. The smallest absolute Gasteiger partial charge is 0.212 e. The van der Waals surface area contributed by atoms with Crippen LogP contribution in [0.5, 0.6) is 0 Å². The van der Waals surface area contributed by atoms with Crippen molar-refractivity contribution in [2.75, 3.05) is 0 Å². The van der Waals surface area contributed by atoms with E-state index in [0.29, 0.717) is 11.3 Å². The molecule has 12 rings (SSSR count). The van der Waals surface area contributed by atoms with Crippen LogP contribution in [0.25, 0.3) is 115 Å². The molecule has 0 atom stereocenters. The monoisotopic (exact) mass is 950 g/mol. The first kappa shape index (κ1) is 45.9. The van der Waals surface area contributed by atoms with Crippen LogP contribution in [0.2, 0.25) is 0 Å². The van der Waals surface area contributed by atoms with Crippen LogP contribution in [0.3, 0.4) is 0 Å². The van der Waals surface area contributed by atoms with E-state index < -0.39 is 0 Å². The van der Waals surface area contributed by atoms with Crippen LogP contribution in [0.1, 0.15) is 50.1 Å². The van der Waals surface area contributed by atoms with Gasteiger partial charge in [0.1, 0.15) is 0 Å². The minimum atomic E-state index is 0.513. The van der Waals surface area contributed by atoms with Gasteiger partial charge in [-0.2, -0.15) is 5.26 Å². The Balaban J connectivity index is 1.21. The molecule has 0 saturated heterocycles. The normalized spacial score (nSPS) is 11.5. The Morgan fingerprint density at radius 3 is 1.00 bits per heavy atom. The van der Waals surface area contributed by atoms with Gasteiger partial charge < -0.3 is 9.13 Å². The van der Waals surface area contributed by atoms with Crippen LogP contribution in [-0.2, 0) is 0 Å². The summed E-state index contributed by atoms with van der Waals surface area (Å²) in [5.74, 6) is 0. The van der Waals surface area contributed by atoms with E-state index in [4.69, 9.17) is 0 Å². The van der Waals surface area contributed by atoms with Crippen molar-refractivity contribution in [1.29, 1.82) is 5.26 Å². The van der Waals surface area contributed by atoms with Crippen LogP contribution in [0, 0.1) is 73.3 Å². The van der Waals surface area contributed by atoms with E-state index in [1.807, 2.05) is 18.2 Å². The summed E-state index contributed by atoms with van der Waals surface area (Å²) in [6.07, 6.45) is 0. The van der Waals surface area contributed by atoms with E-state index in [0.717, 1.165) is 111 Å². The summed E-state index contributed by atoms with van der Waals surface area (Å²) in [6.45, 7) is 26.4. The molecule has 0 fully saturated rings. The first-order valence-corrected chi connectivity index (χ1v) is 25.4. The third kappa shape index (κ3) is 8.03. The molecule has 0 bridgehead atoms. The van der Waals surface area contributed by atoms with E-state index in [-0.39, 0.29) is 0 Å². The fourth-order valence-electron chi connectivity index (χ4n) is 11.8. The molecule has 0 aliphatic rings. The lowest BCUT2D eigenvalue weighted by atomic mass is 9.98. The van der Waals surface area contributed by atoms with Crippen LogP contribution in [-0.4, -0.2) is 9.13 Å². The SMILES string of the molecule is [C-]#[N+]c1cc(-n2c3cc(-c4cc(C)cc(C)c4)ccc3c3ccc(-c4cc(C)cc(C)c4)cc32)c(-c2cccc(C#N)c2)cc1-n1c2cc(-c3cc(C)cc(C)c3)ccc2c2ccc(-c3cc(C)cc(C)c3)cc21. The van der Waals surface area contributed by atoms with Gasteiger partial charge >= 0.3 is 0 Å². The van der Waals surface area contributed by atoms with Gasteiger partial charge in [0.15, 0.2) is 0 Å². The summed E-state index contributed by atoms with van der Waals surface area (Å²) in [6, 6.07) is 68.7. The Bertz CT molecular complexity index is 4130. The lowest BCUT2D eigenvalue weighted by Gasteiger charge is -2.20. The largest absolute Gasteiger partial charge is 0.319 e. The fraction of sp³-hybridized carbons (Fsp3) is 0.114. The highest BCUT2D eigenvalue weighted by molar-refractivity contribution is 6.14. The third-order valence-electron chi connectivity index (χ3n) is 14.8. The molecule has 4 heteroatoms. The van der Waals surface area contributed by atoms with Crippen molar-refractivity contribution < 1.29 is 0 Å². The predicted octanol–water partition coefficient (Wildman–Crippen LogP) is 19.1.